The number of carbonyl (C=O) groups excluding carboxylic acids is 2. The largest absolute Gasteiger partial charge is 0.497 e. The van der Waals surface area contributed by atoms with Crippen LogP contribution in [-0.4, -0.2) is 57.1 Å². The van der Waals surface area contributed by atoms with E-state index in [0.717, 1.165) is 27.3 Å². The van der Waals surface area contributed by atoms with Crippen LogP contribution in [0, 0.1) is 6.92 Å². The zero-order valence-electron chi connectivity index (χ0n) is 24.1. The molecule has 220 valence electrons. The number of amides is 2. The van der Waals surface area contributed by atoms with Crippen LogP contribution in [0.15, 0.2) is 72.8 Å². The van der Waals surface area contributed by atoms with Gasteiger partial charge in [0.05, 0.1) is 19.1 Å². The molecule has 0 bridgehead atoms. The number of benzene rings is 3. The minimum Gasteiger partial charge on any atom is -0.497 e. The second kappa shape index (κ2) is 14.4. The van der Waals surface area contributed by atoms with Gasteiger partial charge in [0.2, 0.25) is 21.8 Å². The third-order valence-electron chi connectivity index (χ3n) is 6.88. The number of halogens is 1. The summed E-state index contributed by atoms with van der Waals surface area (Å²) in [6.45, 7) is 5.23. The smallest absolute Gasteiger partial charge is 0.244 e. The van der Waals surface area contributed by atoms with Crippen molar-refractivity contribution in [2.24, 2.45) is 0 Å². The number of anilines is 1. The van der Waals surface area contributed by atoms with Gasteiger partial charge in [0, 0.05) is 24.0 Å². The van der Waals surface area contributed by atoms with Gasteiger partial charge in [-0.15, -0.1) is 0 Å². The Hall–Kier alpha value is -3.56. The number of carbonyl (C=O) groups is 2. The Morgan fingerprint density at radius 1 is 1.00 bits per heavy atom. The predicted molar refractivity (Wildman–Crippen MR) is 164 cm³/mol. The molecule has 0 aliphatic heterocycles. The Balaban J connectivity index is 2.08. The molecule has 0 saturated carbocycles. The molecule has 0 aromatic heterocycles. The highest BCUT2D eigenvalue weighted by atomic mass is 35.5. The van der Waals surface area contributed by atoms with Crippen LogP contribution in [0.1, 0.15) is 37.0 Å². The molecule has 8 nitrogen and oxygen atoms in total. The molecule has 3 aromatic carbocycles. The predicted octanol–water partition coefficient (Wildman–Crippen LogP) is 4.98. The van der Waals surface area contributed by atoms with E-state index < -0.39 is 28.5 Å². The van der Waals surface area contributed by atoms with E-state index in [-0.39, 0.29) is 30.6 Å². The summed E-state index contributed by atoms with van der Waals surface area (Å²) in [6, 6.07) is 20.5. The summed E-state index contributed by atoms with van der Waals surface area (Å²) in [6.07, 6.45) is 2.00. The number of hydrogen-bond acceptors (Lipinski definition) is 5. The number of nitrogens with one attached hydrogen (secondary N) is 1. The Labute approximate surface area is 248 Å². The molecule has 2 amide bonds. The summed E-state index contributed by atoms with van der Waals surface area (Å²) < 4.78 is 32.2. The molecule has 1 N–H and O–H groups in total. The number of sulfonamides is 1. The van der Waals surface area contributed by atoms with E-state index in [0.29, 0.717) is 17.2 Å². The SMILES string of the molecule is CCC(C)NC(=O)C(Cc1ccccc1)N(Cc1cccc(OC)c1)C(=O)CN(c1ccc(C)c(Cl)c1)S(C)(=O)=O. The van der Waals surface area contributed by atoms with Crippen molar-refractivity contribution in [1.82, 2.24) is 10.2 Å². The van der Waals surface area contributed by atoms with Gasteiger partial charge in [-0.3, -0.25) is 13.9 Å². The zero-order valence-corrected chi connectivity index (χ0v) is 25.7. The van der Waals surface area contributed by atoms with E-state index >= 15 is 0 Å². The van der Waals surface area contributed by atoms with Crippen LogP contribution < -0.4 is 14.4 Å². The van der Waals surface area contributed by atoms with Gasteiger partial charge in [-0.25, -0.2) is 8.42 Å². The minimum atomic E-state index is -3.88. The second-order valence-electron chi connectivity index (χ2n) is 10.1. The number of hydrogen-bond donors (Lipinski definition) is 1. The van der Waals surface area contributed by atoms with Gasteiger partial charge in [0.25, 0.3) is 0 Å². The van der Waals surface area contributed by atoms with Crippen molar-refractivity contribution < 1.29 is 22.7 Å². The average Bonchev–Trinajstić information content (AvgIpc) is 2.94. The van der Waals surface area contributed by atoms with E-state index in [1.54, 1.807) is 37.4 Å². The maximum atomic E-state index is 14.2. The molecule has 2 atom stereocenters. The van der Waals surface area contributed by atoms with Crippen molar-refractivity contribution in [3.8, 4) is 5.75 Å². The Bertz CT molecular complexity index is 1450. The van der Waals surface area contributed by atoms with Crippen molar-refractivity contribution in [2.75, 3.05) is 24.2 Å². The molecule has 3 aromatic rings. The van der Waals surface area contributed by atoms with Crippen LogP contribution >= 0.6 is 11.6 Å². The van der Waals surface area contributed by atoms with E-state index in [2.05, 4.69) is 5.32 Å². The van der Waals surface area contributed by atoms with Gasteiger partial charge in [-0.2, -0.15) is 0 Å². The highest BCUT2D eigenvalue weighted by molar-refractivity contribution is 7.92. The Morgan fingerprint density at radius 2 is 1.68 bits per heavy atom. The fourth-order valence-electron chi connectivity index (χ4n) is 4.31. The standard InChI is InChI=1S/C31H38ClN3O5S/c1-6-23(3)33-31(37)29(18-24-11-8-7-9-12-24)34(20-25-13-10-14-27(17-25)40-4)30(36)21-35(41(5,38)39)26-16-15-22(2)28(32)19-26/h7-17,19,23,29H,6,18,20-21H2,1-5H3,(H,33,37). The third-order valence-corrected chi connectivity index (χ3v) is 8.43. The zero-order chi connectivity index (χ0) is 30.2. The Morgan fingerprint density at radius 3 is 2.29 bits per heavy atom. The molecule has 41 heavy (non-hydrogen) atoms. The highest BCUT2D eigenvalue weighted by Gasteiger charge is 2.33. The van der Waals surface area contributed by atoms with Gasteiger partial charge >= 0.3 is 0 Å². The van der Waals surface area contributed by atoms with Crippen LogP contribution in [0.3, 0.4) is 0 Å². The van der Waals surface area contributed by atoms with E-state index in [4.69, 9.17) is 16.3 Å². The summed E-state index contributed by atoms with van der Waals surface area (Å²) in [4.78, 5) is 29.3. The molecule has 2 unspecified atom stereocenters. The molecule has 3 rings (SSSR count). The first-order chi connectivity index (χ1) is 19.4. The first-order valence-corrected chi connectivity index (χ1v) is 15.7. The van der Waals surface area contributed by atoms with Crippen LogP contribution in [0.4, 0.5) is 5.69 Å². The lowest BCUT2D eigenvalue weighted by Crippen LogP contribution is -2.54. The number of nitrogens with zero attached hydrogens (tertiary/aromatic N) is 2. The van der Waals surface area contributed by atoms with Crippen LogP contribution in [0.25, 0.3) is 0 Å². The fourth-order valence-corrected chi connectivity index (χ4v) is 5.33. The van der Waals surface area contributed by atoms with Gasteiger partial charge in [0.1, 0.15) is 18.3 Å². The van der Waals surface area contributed by atoms with Crippen LogP contribution in [-0.2, 0) is 32.6 Å². The topological polar surface area (TPSA) is 96.0 Å². The summed E-state index contributed by atoms with van der Waals surface area (Å²) in [5, 5.41) is 3.40. The quantitative estimate of drug-likeness (QED) is 0.299. The number of ether oxygens (including phenoxy) is 1. The summed E-state index contributed by atoms with van der Waals surface area (Å²) in [7, 11) is -2.33. The first kappa shape index (κ1) is 32.0. The van der Waals surface area contributed by atoms with E-state index in [1.807, 2.05) is 57.2 Å². The third kappa shape index (κ3) is 8.96. The summed E-state index contributed by atoms with van der Waals surface area (Å²) >= 11 is 6.31. The molecule has 0 heterocycles. The number of rotatable bonds is 13. The summed E-state index contributed by atoms with van der Waals surface area (Å²) in [5.74, 6) is -0.246. The van der Waals surface area contributed by atoms with Crippen molar-refractivity contribution in [2.45, 2.75) is 52.2 Å². The van der Waals surface area contributed by atoms with Crippen molar-refractivity contribution in [3.05, 3.63) is 94.5 Å². The van der Waals surface area contributed by atoms with Crippen molar-refractivity contribution in [1.29, 1.82) is 0 Å². The average molecular weight is 600 g/mol. The van der Waals surface area contributed by atoms with E-state index in [1.165, 1.54) is 11.0 Å². The maximum absolute atomic E-state index is 14.2. The Kier molecular flexibility index (Phi) is 11.2. The number of aryl methyl sites for hydroxylation is 1. The van der Waals surface area contributed by atoms with Gasteiger partial charge in [0.15, 0.2) is 0 Å². The highest BCUT2D eigenvalue weighted by Crippen LogP contribution is 2.26. The first-order valence-electron chi connectivity index (χ1n) is 13.4. The van der Waals surface area contributed by atoms with Crippen LogP contribution in [0.2, 0.25) is 5.02 Å². The maximum Gasteiger partial charge on any atom is 0.244 e. The van der Waals surface area contributed by atoms with Gasteiger partial charge < -0.3 is 15.0 Å². The second-order valence-corrected chi connectivity index (χ2v) is 12.4. The lowest BCUT2D eigenvalue weighted by atomic mass is 10.0. The minimum absolute atomic E-state index is 0.0632. The van der Waals surface area contributed by atoms with E-state index in [9.17, 15) is 18.0 Å². The molecule has 0 aliphatic rings. The molecule has 0 radical (unpaired) electrons. The molecule has 0 saturated heterocycles. The monoisotopic (exact) mass is 599 g/mol. The van der Waals surface area contributed by atoms with Crippen LogP contribution in [0.5, 0.6) is 5.75 Å². The molecule has 0 spiro atoms. The lowest BCUT2D eigenvalue weighted by Gasteiger charge is -2.34. The van der Waals surface area contributed by atoms with Gasteiger partial charge in [-0.05, 0) is 61.2 Å². The fraction of sp³-hybridized carbons (Fsp3) is 0.355. The molecule has 10 heteroatoms. The molecular weight excluding hydrogens is 562 g/mol. The molecular formula is C31H38ClN3O5S. The normalized spacial score (nSPS) is 12.7. The molecule has 0 fully saturated rings. The summed E-state index contributed by atoms with van der Waals surface area (Å²) in [5.41, 5.74) is 2.64. The number of methoxy groups -OCH3 is 1. The van der Waals surface area contributed by atoms with Crippen molar-refractivity contribution in [3.63, 3.8) is 0 Å². The van der Waals surface area contributed by atoms with Crippen molar-refractivity contribution >= 4 is 39.1 Å². The van der Waals surface area contributed by atoms with Gasteiger partial charge in [-0.1, -0.05) is 67.1 Å². The lowest BCUT2D eigenvalue weighted by molar-refractivity contribution is -0.140. The molecule has 0 aliphatic carbocycles.